The molecule has 0 saturated carbocycles. The third kappa shape index (κ3) is 3.36. The Morgan fingerprint density at radius 2 is 2.18 bits per heavy atom. The van der Waals surface area contributed by atoms with Crippen LogP contribution in [0.2, 0.25) is 0 Å². The molecule has 4 nitrogen and oxygen atoms in total. The van der Waals surface area contributed by atoms with E-state index in [4.69, 9.17) is 10.9 Å². The lowest BCUT2D eigenvalue weighted by Gasteiger charge is -2.20. The van der Waals surface area contributed by atoms with Crippen LogP contribution in [0.1, 0.15) is 24.5 Å². The number of hydrogen-bond acceptors (Lipinski definition) is 3. The van der Waals surface area contributed by atoms with Gasteiger partial charge in [-0.1, -0.05) is 18.1 Å². The fraction of sp³-hybridized carbons (Fsp3) is 0.417. The Hall–Kier alpha value is -1.23. The lowest BCUT2D eigenvalue weighted by Crippen LogP contribution is -2.35. The zero-order chi connectivity index (χ0) is 13.0. The lowest BCUT2D eigenvalue weighted by atomic mass is 10.1. The summed E-state index contributed by atoms with van der Waals surface area (Å²) in [6.07, 6.45) is 0.746. The highest BCUT2D eigenvalue weighted by atomic mass is 79.9. The van der Waals surface area contributed by atoms with Crippen molar-refractivity contribution < 1.29 is 5.21 Å². The molecule has 0 spiro atoms. The smallest absolute Gasteiger partial charge is 0.161 e. The monoisotopic (exact) mass is 299 g/mol. The van der Waals surface area contributed by atoms with E-state index in [1.165, 1.54) is 5.56 Å². The topological polar surface area (TPSA) is 70.6 Å². The molecule has 0 aliphatic rings. The molecule has 0 aliphatic heterocycles. The second-order valence-electron chi connectivity index (χ2n) is 4.07. The van der Waals surface area contributed by atoms with E-state index in [0.717, 1.165) is 22.1 Å². The summed E-state index contributed by atoms with van der Waals surface area (Å²) in [5, 5.41) is 15.0. The summed E-state index contributed by atoms with van der Waals surface area (Å²) in [5.41, 5.74) is 8.93. The standard InChI is InChI=1S/C12H18BrN3O/c1-4-10(12(14)16-17)15-11-8(3)5-7(2)6-9(11)13/h5-6,10,15,17H,4H2,1-3H3,(H2,14,16). The van der Waals surface area contributed by atoms with Gasteiger partial charge in [0.25, 0.3) is 0 Å². The molecular weight excluding hydrogens is 282 g/mol. The van der Waals surface area contributed by atoms with Crippen LogP contribution in [0.25, 0.3) is 0 Å². The van der Waals surface area contributed by atoms with Crippen LogP contribution in [-0.2, 0) is 0 Å². The minimum absolute atomic E-state index is 0.169. The molecule has 0 radical (unpaired) electrons. The zero-order valence-electron chi connectivity index (χ0n) is 10.3. The number of anilines is 1. The first-order valence-corrected chi connectivity index (χ1v) is 6.29. The fourth-order valence-electron chi connectivity index (χ4n) is 1.73. The number of amidine groups is 1. The number of aryl methyl sites for hydroxylation is 2. The van der Waals surface area contributed by atoms with Gasteiger partial charge in [0, 0.05) is 4.47 Å². The van der Waals surface area contributed by atoms with E-state index < -0.39 is 0 Å². The molecule has 0 fully saturated rings. The van der Waals surface area contributed by atoms with E-state index in [1.54, 1.807) is 0 Å². The summed E-state index contributed by atoms with van der Waals surface area (Å²) in [6, 6.07) is 3.96. The van der Waals surface area contributed by atoms with Crippen LogP contribution in [0.15, 0.2) is 21.8 Å². The number of nitrogens with one attached hydrogen (secondary N) is 1. The van der Waals surface area contributed by atoms with Crippen molar-refractivity contribution in [2.75, 3.05) is 5.32 Å². The average molecular weight is 300 g/mol. The van der Waals surface area contributed by atoms with Crippen molar-refractivity contribution in [3.05, 3.63) is 27.7 Å². The fourth-order valence-corrected chi connectivity index (χ4v) is 2.52. The molecular formula is C12H18BrN3O. The number of benzene rings is 1. The first kappa shape index (κ1) is 13.8. The summed E-state index contributed by atoms with van der Waals surface area (Å²) in [7, 11) is 0. The maximum Gasteiger partial charge on any atom is 0.161 e. The molecule has 94 valence electrons. The number of halogens is 1. The molecule has 1 unspecified atom stereocenters. The predicted octanol–water partition coefficient (Wildman–Crippen LogP) is 3.00. The van der Waals surface area contributed by atoms with Crippen molar-refractivity contribution in [2.45, 2.75) is 33.2 Å². The summed E-state index contributed by atoms with van der Waals surface area (Å²) >= 11 is 3.52. The van der Waals surface area contributed by atoms with Gasteiger partial charge >= 0.3 is 0 Å². The van der Waals surface area contributed by atoms with Gasteiger partial charge < -0.3 is 16.3 Å². The van der Waals surface area contributed by atoms with Gasteiger partial charge in [-0.15, -0.1) is 0 Å². The molecule has 0 saturated heterocycles. The molecule has 1 aromatic rings. The van der Waals surface area contributed by atoms with E-state index in [9.17, 15) is 0 Å². The molecule has 0 heterocycles. The van der Waals surface area contributed by atoms with Gasteiger partial charge in [0.1, 0.15) is 0 Å². The van der Waals surface area contributed by atoms with E-state index in [-0.39, 0.29) is 11.9 Å². The van der Waals surface area contributed by atoms with Crippen molar-refractivity contribution in [1.29, 1.82) is 0 Å². The summed E-state index contributed by atoms with van der Waals surface area (Å²) in [5.74, 6) is 0.194. The Balaban J connectivity index is 3.02. The summed E-state index contributed by atoms with van der Waals surface area (Å²) in [6.45, 7) is 6.05. The number of nitrogens with zero attached hydrogens (tertiary/aromatic N) is 1. The van der Waals surface area contributed by atoms with Crippen LogP contribution < -0.4 is 11.1 Å². The van der Waals surface area contributed by atoms with Gasteiger partial charge in [0.2, 0.25) is 0 Å². The van der Waals surface area contributed by atoms with E-state index in [0.29, 0.717) is 0 Å². The Kier molecular flexibility index (Phi) is 4.81. The average Bonchev–Trinajstić information content (AvgIpc) is 2.27. The maximum absolute atomic E-state index is 8.71. The summed E-state index contributed by atoms with van der Waals surface area (Å²) < 4.78 is 0.985. The predicted molar refractivity (Wildman–Crippen MR) is 74.7 cm³/mol. The van der Waals surface area contributed by atoms with Crippen LogP contribution in [-0.4, -0.2) is 17.1 Å². The molecule has 1 rings (SSSR count). The molecule has 0 aromatic heterocycles. The molecule has 5 heteroatoms. The molecule has 0 aliphatic carbocycles. The highest BCUT2D eigenvalue weighted by molar-refractivity contribution is 9.10. The highest BCUT2D eigenvalue weighted by Crippen LogP contribution is 2.28. The SMILES string of the molecule is CCC(Nc1c(C)cc(C)cc1Br)C(N)=NO. The van der Waals surface area contributed by atoms with Gasteiger partial charge in [0.05, 0.1) is 11.7 Å². The minimum Gasteiger partial charge on any atom is -0.409 e. The first-order valence-electron chi connectivity index (χ1n) is 5.50. The summed E-state index contributed by atoms with van der Waals surface area (Å²) in [4.78, 5) is 0. The van der Waals surface area contributed by atoms with Crippen LogP contribution in [0.3, 0.4) is 0 Å². The normalized spacial score (nSPS) is 13.5. The lowest BCUT2D eigenvalue weighted by molar-refractivity contribution is 0.316. The van der Waals surface area contributed by atoms with Crippen LogP contribution in [0, 0.1) is 13.8 Å². The van der Waals surface area contributed by atoms with E-state index in [1.807, 2.05) is 26.8 Å². The van der Waals surface area contributed by atoms with Crippen molar-refractivity contribution in [2.24, 2.45) is 10.9 Å². The van der Waals surface area contributed by atoms with E-state index in [2.05, 4.69) is 32.5 Å². The molecule has 1 aromatic carbocycles. The third-order valence-corrected chi connectivity index (χ3v) is 3.26. The van der Waals surface area contributed by atoms with E-state index >= 15 is 0 Å². The number of nitrogens with two attached hydrogens (primary N) is 1. The Morgan fingerprint density at radius 3 is 2.65 bits per heavy atom. The van der Waals surface area contributed by atoms with Crippen LogP contribution in [0.5, 0.6) is 0 Å². The van der Waals surface area contributed by atoms with Gasteiger partial charge in [-0.3, -0.25) is 0 Å². The second kappa shape index (κ2) is 5.91. The zero-order valence-corrected chi connectivity index (χ0v) is 11.9. The Labute approximate surface area is 110 Å². The van der Waals surface area contributed by atoms with Gasteiger partial charge in [-0.25, -0.2) is 0 Å². The van der Waals surface area contributed by atoms with Gasteiger partial charge in [-0.2, -0.15) is 0 Å². The quantitative estimate of drug-likeness (QED) is 0.346. The minimum atomic E-state index is -0.169. The maximum atomic E-state index is 8.71. The third-order valence-electron chi connectivity index (χ3n) is 2.63. The second-order valence-corrected chi connectivity index (χ2v) is 4.92. The van der Waals surface area contributed by atoms with Crippen LogP contribution in [0.4, 0.5) is 5.69 Å². The molecule has 0 bridgehead atoms. The van der Waals surface area contributed by atoms with Crippen molar-refractivity contribution in [1.82, 2.24) is 0 Å². The Bertz CT molecular complexity index is 409. The van der Waals surface area contributed by atoms with Crippen LogP contribution >= 0.6 is 15.9 Å². The largest absolute Gasteiger partial charge is 0.409 e. The van der Waals surface area contributed by atoms with Gasteiger partial charge in [-0.05, 0) is 53.4 Å². The first-order chi connectivity index (χ1) is 7.99. The molecule has 4 N–H and O–H groups in total. The Morgan fingerprint density at radius 1 is 1.53 bits per heavy atom. The number of oxime groups is 1. The van der Waals surface area contributed by atoms with Crippen molar-refractivity contribution >= 4 is 27.5 Å². The van der Waals surface area contributed by atoms with Gasteiger partial charge in [0.15, 0.2) is 5.84 Å². The highest BCUT2D eigenvalue weighted by Gasteiger charge is 2.14. The van der Waals surface area contributed by atoms with Crippen molar-refractivity contribution in [3.8, 4) is 0 Å². The van der Waals surface area contributed by atoms with Crippen molar-refractivity contribution in [3.63, 3.8) is 0 Å². The number of hydrogen-bond donors (Lipinski definition) is 3. The molecule has 0 amide bonds. The molecule has 17 heavy (non-hydrogen) atoms. The molecule has 1 atom stereocenters. The number of rotatable bonds is 4.